The maximum atomic E-state index is 2.66. The van der Waals surface area contributed by atoms with Crippen molar-refractivity contribution in [2.45, 2.75) is 68.8 Å². The van der Waals surface area contributed by atoms with Gasteiger partial charge < -0.3 is 0 Å². The summed E-state index contributed by atoms with van der Waals surface area (Å²) in [5.41, 5.74) is 0. The minimum absolute atomic E-state index is 0.526. The number of hydrogen-bond donors (Lipinski definition) is 0. The zero-order valence-electron chi connectivity index (χ0n) is 12.5. The van der Waals surface area contributed by atoms with Crippen LogP contribution in [0.1, 0.15) is 58.8 Å². The van der Waals surface area contributed by atoms with E-state index in [9.17, 15) is 0 Å². The van der Waals surface area contributed by atoms with E-state index in [2.05, 4.69) is 23.7 Å². The normalized spacial score (nSPS) is 32.2. The molecule has 1 aliphatic carbocycles. The first-order chi connectivity index (χ1) is 8.69. The molecule has 0 bridgehead atoms. The average Bonchev–Trinajstić information content (AvgIpc) is 2.40. The summed E-state index contributed by atoms with van der Waals surface area (Å²) in [5, 5.41) is 0. The van der Waals surface area contributed by atoms with Crippen LogP contribution in [-0.2, 0) is 0 Å². The van der Waals surface area contributed by atoms with Gasteiger partial charge in [-0.05, 0) is 0 Å². The molecule has 1 heterocycles. The molecule has 1 nitrogen and oxygen atoms in total. The predicted octanol–water partition coefficient (Wildman–Crippen LogP) is 0.775. The summed E-state index contributed by atoms with van der Waals surface area (Å²) in [6.45, 7) is 7.40. The van der Waals surface area contributed by atoms with E-state index in [1.165, 1.54) is 29.9 Å². The van der Waals surface area contributed by atoms with E-state index < -0.39 is 0 Å². The third-order valence-electron chi connectivity index (χ3n) is 5.13. The molecule has 0 aromatic heterocycles. The van der Waals surface area contributed by atoms with Crippen LogP contribution in [0.25, 0.3) is 0 Å². The first kappa shape index (κ1) is 15.1. The van der Waals surface area contributed by atoms with Crippen LogP contribution < -0.4 is 21.2 Å². The molecule has 0 atom stereocenters. The zero-order chi connectivity index (χ0) is 13.0. The molecular formula is C16H31IN-. The molecular weight excluding hydrogens is 333 g/mol. The number of piperidine rings is 1. The third kappa shape index (κ3) is 4.36. The molecule has 2 aliphatic rings. The van der Waals surface area contributed by atoms with Gasteiger partial charge in [-0.25, -0.2) is 0 Å². The van der Waals surface area contributed by atoms with Crippen LogP contribution in [0.2, 0.25) is 0 Å². The number of hydrogen-bond acceptors (Lipinski definition) is 1. The van der Waals surface area contributed by atoms with Gasteiger partial charge in [0.2, 0.25) is 0 Å². The van der Waals surface area contributed by atoms with Gasteiger partial charge in [-0.2, -0.15) is 0 Å². The molecule has 1 saturated heterocycles. The topological polar surface area (TPSA) is 3.24 Å². The second kappa shape index (κ2) is 7.47. The fraction of sp³-hybridized carbons (Fsp3) is 1.00. The van der Waals surface area contributed by atoms with Crippen molar-refractivity contribution in [1.82, 2.24) is 4.90 Å². The third-order valence-corrected chi connectivity index (χ3v) is 8.14. The Hall–Kier alpha value is 0.690. The van der Waals surface area contributed by atoms with Gasteiger partial charge in [0.05, 0.1) is 0 Å². The van der Waals surface area contributed by atoms with Crippen molar-refractivity contribution in [2.75, 3.05) is 18.0 Å². The van der Waals surface area contributed by atoms with E-state index in [-0.39, 0.29) is 0 Å². The number of likely N-dealkylation sites (tertiary alicyclic amines) is 1. The Morgan fingerprint density at radius 1 is 0.944 bits per heavy atom. The molecule has 108 valence electrons. The summed E-state index contributed by atoms with van der Waals surface area (Å²) >= 11 is 0.526. The van der Waals surface area contributed by atoms with Crippen molar-refractivity contribution >= 4 is 0 Å². The molecule has 0 N–H and O–H groups in total. The van der Waals surface area contributed by atoms with Crippen molar-refractivity contribution < 1.29 is 21.2 Å². The van der Waals surface area contributed by atoms with Crippen molar-refractivity contribution in [3.63, 3.8) is 0 Å². The monoisotopic (exact) mass is 364 g/mol. The van der Waals surface area contributed by atoms with E-state index in [1.807, 2.05) is 0 Å². The van der Waals surface area contributed by atoms with E-state index in [4.69, 9.17) is 0 Å². The molecule has 18 heavy (non-hydrogen) atoms. The fourth-order valence-electron chi connectivity index (χ4n) is 3.75. The number of halogens is 1. The Kier molecular flexibility index (Phi) is 6.26. The molecule has 0 unspecified atom stereocenters. The van der Waals surface area contributed by atoms with Gasteiger partial charge in [-0.1, -0.05) is 0 Å². The molecule has 2 fully saturated rings. The molecule has 2 rings (SSSR count). The number of nitrogens with zero attached hydrogens (tertiary/aromatic N) is 1. The Labute approximate surface area is 124 Å². The number of alkyl halides is 2. The van der Waals surface area contributed by atoms with Crippen molar-refractivity contribution in [3.05, 3.63) is 0 Å². The van der Waals surface area contributed by atoms with E-state index in [0.717, 1.165) is 17.9 Å². The van der Waals surface area contributed by atoms with Crippen molar-refractivity contribution in [3.8, 4) is 0 Å². The van der Waals surface area contributed by atoms with Crippen molar-refractivity contribution in [2.24, 2.45) is 11.8 Å². The summed E-state index contributed by atoms with van der Waals surface area (Å²) in [5.74, 6) is 2.14. The Bertz CT molecular complexity index is 225. The van der Waals surface area contributed by atoms with E-state index in [1.54, 1.807) is 32.1 Å². The van der Waals surface area contributed by atoms with Gasteiger partial charge in [0, 0.05) is 0 Å². The molecule has 1 saturated carbocycles. The standard InChI is InChI=1S/C16H31IN/c1-13(2)18-10-8-15(9-11-18)12-14-4-6-16(17-3)7-5-14/h13-16H,4-12H2,1-3H3/q-1. The molecule has 0 radical (unpaired) electrons. The Morgan fingerprint density at radius 3 is 2.00 bits per heavy atom. The van der Waals surface area contributed by atoms with E-state index in [0.29, 0.717) is 21.2 Å². The van der Waals surface area contributed by atoms with Crippen molar-refractivity contribution in [1.29, 1.82) is 0 Å². The SMILES string of the molecule is C[I-]C1CCC(CC2CCN(C(C)C)CC2)CC1. The molecule has 0 spiro atoms. The van der Waals surface area contributed by atoms with Gasteiger partial charge in [0.15, 0.2) is 0 Å². The maximum absolute atomic E-state index is 2.66. The summed E-state index contributed by atoms with van der Waals surface area (Å²) in [7, 11) is 0. The zero-order valence-corrected chi connectivity index (χ0v) is 14.7. The van der Waals surface area contributed by atoms with Gasteiger partial charge >= 0.3 is 125 Å². The van der Waals surface area contributed by atoms with Gasteiger partial charge in [-0.15, -0.1) is 0 Å². The van der Waals surface area contributed by atoms with Crippen LogP contribution in [-0.4, -0.2) is 32.9 Å². The van der Waals surface area contributed by atoms with Gasteiger partial charge in [0.1, 0.15) is 0 Å². The molecule has 0 aromatic carbocycles. The average molecular weight is 364 g/mol. The first-order valence-electron chi connectivity index (χ1n) is 7.91. The van der Waals surface area contributed by atoms with Crippen LogP contribution >= 0.6 is 0 Å². The van der Waals surface area contributed by atoms with Crippen LogP contribution in [0.15, 0.2) is 0 Å². The molecule has 0 aromatic rings. The summed E-state index contributed by atoms with van der Waals surface area (Å²) in [6, 6.07) is 0.759. The number of rotatable bonds is 4. The quantitative estimate of drug-likeness (QED) is 0.526. The Balaban J connectivity index is 1.66. The Morgan fingerprint density at radius 2 is 1.50 bits per heavy atom. The molecule has 1 aliphatic heterocycles. The summed E-state index contributed by atoms with van der Waals surface area (Å²) in [4.78, 5) is 5.14. The van der Waals surface area contributed by atoms with Gasteiger partial charge in [-0.3, -0.25) is 0 Å². The summed E-state index contributed by atoms with van der Waals surface area (Å²) in [6.07, 6.45) is 10.8. The summed E-state index contributed by atoms with van der Waals surface area (Å²) < 4.78 is 1.17. The van der Waals surface area contributed by atoms with Crippen LogP contribution in [0.5, 0.6) is 0 Å². The second-order valence-electron chi connectivity index (χ2n) is 6.65. The molecule has 0 amide bonds. The fourth-order valence-corrected chi connectivity index (χ4v) is 5.72. The second-order valence-corrected chi connectivity index (χ2v) is 9.65. The van der Waals surface area contributed by atoms with Gasteiger partial charge in [0.25, 0.3) is 0 Å². The minimum atomic E-state index is 0.526. The first-order valence-corrected chi connectivity index (χ1v) is 11.3. The van der Waals surface area contributed by atoms with Crippen LogP contribution in [0, 0.1) is 11.8 Å². The van der Waals surface area contributed by atoms with Crippen LogP contribution in [0.4, 0.5) is 0 Å². The predicted molar refractivity (Wildman–Crippen MR) is 75.7 cm³/mol. The molecule has 2 heteroatoms. The van der Waals surface area contributed by atoms with Crippen LogP contribution in [0.3, 0.4) is 0 Å². The van der Waals surface area contributed by atoms with E-state index >= 15 is 0 Å².